The Morgan fingerprint density at radius 3 is 2.56 bits per heavy atom. The summed E-state index contributed by atoms with van der Waals surface area (Å²) in [4.78, 5) is 10.8. The second-order valence-corrected chi connectivity index (χ2v) is 3.75. The molecular weight excluding hydrogens is 277 g/mol. The van der Waals surface area contributed by atoms with Gasteiger partial charge in [0.05, 0.1) is 0 Å². The Bertz CT molecular complexity index is 447. The van der Waals surface area contributed by atoms with E-state index in [1.54, 1.807) is 0 Å². The molecule has 1 aromatic carbocycles. The van der Waals surface area contributed by atoms with Gasteiger partial charge in [-0.25, -0.2) is 4.79 Å². The number of carboxylic acids is 1. The lowest BCUT2D eigenvalue weighted by Gasteiger charge is -2.16. The molecular formula is C10H8ClF3O4. The Labute approximate surface area is 105 Å². The van der Waals surface area contributed by atoms with Gasteiger partial charge in [-0.05, 0) is 18.2 Å². The topological polar surface area (TPSA) is 66.8 Å². The molecule has 0 spiro atoms. The zero-order valence-electron chi connectivity index (χ0n) is 8.74. The van der Waals surface area contributed by atoms with E-state index in [1.165, 1.54) is 6.07 Å². The summed E-state index contributed by atoms with van der Waals surface area (Å²) in [5.74, 6) is -1.69. The number of ether oxygens (including phenoxy) is 1. The molecule has 0 saturated heterocycles. The standard InChI is InChI=1S/C10H8ClF3O4/c11-5-1-2-7(6(3-5)9(16)17)18-4-8(15)10(12,13)14/h1-3,8,15H,4H2,(H,16,17). The van der Waals surface area contributed by atoms with Gasteiger partial charge < -0.3 is 14.9 Å². The van der Waals surface area contributed by atoms with E-state index in [1.807, 2.05) is 0 Å². The molecule has 1 atom stereocenters. The lowest BCUT2D eigenvalue weighted by atomic mass is 10.2. The van der Waals surface area contributed by atoms with Crippen molar-refractivity contribution in [3.63, 3.8) is 0 Å². The van der Waals surface area contributed by atoms with Crippen molar-refractivity contribution in [2.45, 2.75) is 12.3 Å². The third-order valence-electron chi connectivity index (χ3n) is 1.95. The molecule has 0 aliphatic carbocycles. The van der Waals surface area contributed by atoms with Crippen molar-refractivity contribution in [3.05, 3.63) is 28.8 Å². The van der Waals surface area contributed by atoms with Gasteiger partial charge in [0.2, 0.25) is 0 Å². The van der Waals surface area contributed by atoms with Crippen molar-refractivity contribution in [1.29, 1.82) is 0 Å². The Kier molecular flexibility index (Phi) is 4.42. The van der Waals surface area contributed by atoms with Crippen LogP contribution in [0.3, 0.4) is 0 Å². The summed E-state index contributed by atoms with van der Waals surface area (Å²) < 4.78 is 40.7. The molecule has 4 nitrogen and oxygen atoms in total. The second kappa shape index (κ2) is 5.45. The summed E-state index contributed by atoms with van der Waals surface area (Å²) in [6.45, 7) is -1.09. The third kappa shape index (κ3) is 3.78. The number of benzene rings is 1. The minimum atomic E-state index is -4.82. The van der Waals surface area contributed by atoms with Crippen molar-refractivity contribution >= 4 is 17.6 Å². The molecule has 0 radical (unpaired) electrons. The van der Waals surface area contributed by atoms with Gasteiger partial charge in [-0.1, -0.05) is 11.6 Å². The summed E-state index contributed by atoms with van der Waals surface area (Å²) in [7, 11) is 0. The molecule has 0 aliphatic rings. The van der Waals surface area contributed by atoms with E-state index >= 15 is 0 Å². The van der Waals surface area contributed by atoms with Gasteiger partial charge in [-0.2, -0.15) is 13.2 Å². The number of aliphatic hydroxyl groups is 1. The maximum absolute atomic E-state index is 12.0. The lowest BCUT2D eigenvalue weighted by molar-refractivity contribution is -0.210. The molecule has 0 amide bonds. The maximum atomic E-state index is 12.0. The molecule has 0 aliphatic heterocycles. The van der Waals surface area contributed by atoms with Crippen molar-refractivity contribution in [2.75, 3.05) is 6.61 Å². The molecule has 0 fully saturated rings. The molecule has 100 valence electrons. The first-order valence-electron chi connectivity index (χ1n) is 4.62. The minimum Gasteiger partial charge on any atom is -0.490 e. The van der Waals surface area contributed by atoms with Crippen LogP contribution in [0.15, 0.2) is 18.2 Å². The fraction of sp³-hybridized carbons (Fsp3) is 0.300. The van der Waals surface area contributed by atoms with Gasteiger partial charge in [0.15, 0.2) is 6.10 Å². The van der Waals surface area contributed by atoms with Crippen LogP contribution in [0.2, 0.25) is 5.02 Å². The van der Waals surface area contributed by atoms with Crippen LogP contribution >= 0.6 is 11.6 Å². The van der Waals surface area contributed by atoms with Crippen LogP contribution in [0.4, 0.5) is 13.2 Å². The monoisotopic (exact) mass is 284 g/mol. The highest BCUT2D eigenvalue weighted by molar-refractivity contribution is 6.31. The Morgan fingerprint density at radius 2 is 2.06 bits per heavy atom. The van der Waals surface area contributed by atoms with Crippen molar-refractivity contribution in [3.8, 4) is 5.75 Å². The predicted molar refractivity (Wildman–Crippen MR) is 56.0 cm³/mol. The molecule has 18 heavy (non-hydrogen) atoms. The highest BCUT2D eigenvalue weighted by Gasteiger charge is 2.38. The summed E-state index contributed by atoms with van der Waals surface area (Å²) in [5.41, 5.74) is -0.378. The number of aromatic carboxylic acids is 1. The first-order valence-corrected chi connectivity index (χ1v) is 5.00. The fourth-order valence-electron chi connectivity index (χ4n) is 1.06. The van der Waals surface area contributed by atoms with Crippen LogP contribution in [-0.2, 0) is 0 Å². The van der Waals surface area contributed by atoms with Crippen LogP contribution in [0.1, 0.15) is 10.4 Å². The average molecular weight is 285 g/mol. The van der Waals surface area contributed by atoms with E-state index in [0.717, 1.165) is 12.1 Å². The zero-order chi connectivity index (χ0) is 13.9. The number of rotatable bonds is 4. The van der Waals surface area contributed by atoms with E-state index in [4.69, 9.17) is 21.8 Å². The number of alkyl halides is 3. The maximum Gasteiger partial charge on any atom is 0.417 e. The number of hydrogen-bond donors (Lipinski definition) is 2. The van der Waals surface area contributed by atoms with Crippen LogP contribution in [-0.4, -0.2) is 35.1 Å². The highest BCUT2D eigenvalue weighted by atomic mass is 35.5. The van der Waals surface area contributed by atoms with E-state index in [2.05, 4.69) is 4.74 Å². The summed E-state index contributed by atoms with van der Waals surface area (Å²) in [6, 6.07) is 3.43. The first kappa shape index (κ1) is 14.6. The second-order valence-electron chi connectivity index (χ2n) is 3.31. The molecule has 1 unspecified atom stereocenters. The number of carbonyl (C=O) groups is 1. The molecule has 0 heterocycles. The van der Waals surface area contributed by atoms with Gasteiger partial charge >= 0.3 is 12.1 Å². The number of hydrogen-bond acceptors (Lipinski definition) is 3. The van der Waals surface area contributed by atoms with E-state index < -0.39 is 24.9 Å². The number of halogens is 4. The number of carboxylic acid groups (broad SMARTS) is 1. The third-order valence-corrected chi connectivity index (χ3v) is 2.18. The van der Waals surface area contributed by atoms with Gasteiger partial charge in [-0.3, -0.25) is 0 Å². The SMILES string of the molecule is O=C(O)c1cc(Cl)ccc1OCC(O)C(F)(F)F. The predicted octanol–water partition coefficient (Wildman–Crippen LogP) is 2.34. The van der Waals surface area contributed by atoms with E-state index in [-0.39, 0.29) is 16.3 Å². The van der Waals surface area contributed by atoms with Crippen molar-refractivity contribution < 1.29 is 32.9 Å². The van der Waals surface area contributed by atoms with Crippen molar-refractivity contribution in [2.24, 2.45) is 0 Å². The zero-order valence-corrected chi connectivity index (χ0v) is 9.50. The lowest BCUT2D eigenvalue weighted by Crippen LogP contribution is -2.34. The van der Waals surface area contributed by atoms with Gasteiger partial charge in [-0.15, -0.1) is 0 Å². The molecule has 0 bridgehead atoms. The Hall–Kier alpha value is -1.47. The van der Waals surface area contributed by atoms with Gasteiger partial charge in [0, 0.05) is 5.02 Å². The molecule has 8 heteroatoms. The summed E-state index contributed by atoms with van der Waals surface area (Å²) in [5, 5.41) is 17.6. The van der Waals surface area contributed by atoms with Crippen molar-refractivity contribution in [1.82, 2.24) is 0 Å². The smallest absolute Gasteiger partial charge is 0.417 e. The number of aliphatic hydroxyl groups excluding tert-OH is 1. The van der Waals surface area contributed by atoms with E-state index in [9.17, 15) is 18.0 Å². The highest BCUT2D eigenvalue weighted by Crippen LogP contribution is 2.25. The van der Waals surface area contributed by atoms with Crippen LogP contribution in [0.5, 0.6) is 5.75 Å². The molecule has 0 aromatic heterocycles. The molecule has 2 N–H and O–H groups in total. The summed E-state index contributed by atoms with van der Waals surface area (Å²) >= 11 is 5.55. The average Bonchev–Trinajstić information content (AvgIpc) is 2.25. The summed E-state index contributed by atoms with van der Waals surface area (Å²) in [6.07, 6.45) is -7.51. The molecule has 1 rings (SSSR count). The minimum absolute atomic E-state index is 0.108. The van der Waals surface area contributed by atoms with E-state index in [0.29, 0.717) is 0 Å². The van der Waals surface area contributed by atoms with Gasteiger partial charge in [0.25, 0.3) is 0 Å². The van der Waals surface area contributed by atoms with Crippen LogP contribution in [0.25, 0.3) is 0 Å². The first-order chi connectivity index (χ1) is 8.21. The Morgan fingerprint density at radius 1 is 1.44 bits per heavy atom. The van der Waals surface area contributed by atoms with Crippen LogP contribution < -0.4 is 4.74 Å². The normalized spacial score (nSPS) is 13.2. The van der Waals surface area contributed by atoms with Gasteiger partial charge in [0.1, 0.15) is 17.9 Å². The quantitative estimate of drug-likeness (QED) is 0.890. The largest absolute Gasteiger partial charge is 0.490 e. The van der Waals surface area contributed by atoms with Crippen LogP contribution in [0, 0.1) is 0 Å². The molecule has 0 saturated carbocycles. The fourth-order valence-corrected chi connectivity index (χ4v) is 1.23. The molecule has 1 aromatic rings. The Balaban J connectivity index is 2.82.